The lowest BCUT2D eigenvalue weighted by atomic mass is 10.1. The second-order valence-electron chi connectivity index (χ2n) is 6.25. The fraction of sp³-hybridized carbons (Fsp3) is 0.125. The molecule has 0 fully saturated rings. The van der Waals surface area contributed by atoms with E-state index in [1.165, 1.54) is 0 Å². The van der Waals surface area contributed by atoms with Gasteiger partial charge in [-0.25, -0.2) is 0 Å². The van der Waals surface area contributed by atoms with E-state index in [4.69, 9.17) is 14.2 Å². The van der Waals surface area contributed by atoms with E-state index in [1.807, 2.05) is 42.5 Å². The lowest BCUT2D eigenvalue weighted by Gasteiger charge is -2.19. The van der Waals surface area contributed by atoms with Gasteiger partial charge in [0.05, 0.1) is 19.8 Å². The molecule has 0 amide bonds. The SMILES string of the molecule is COc1cc2cc(O)c1CO2.COc1cccc(/C=C/C(=O)c2ccccc2)c1. The van der Waals surface area contributed by atoms with Crippen molar-refractivity contribution in [3.05, 3.63) is 89.5 Å². The van der Waals surface area contributed by atoms with Crippen LogP contribution in [0.25, 0.3) is 6.08 Å². The normalized spacial score (nSPS) is 11.4. The van der Waals surface area contributed by atoms with Gasteiger partial charge in [0.1, 0.15) is 29.6 Å². The maximum atomic E-state index is 11.9. The standard InChI is InChI=1S/C16H14O2.C8H8O3/c1-18-15-9-5-6-13(12-15)10-11-16(17)14-7-3-2-4-8-14;1-10-8-3-5-2-7(9)6(8)4-11-5/h2-12H,1H3;2-3,9H,4H2,1H3/b11-10+;. The molecule has 2 heterocycles. The minimum absolute atomic E-state index is 0.00146. The van der Waals surface area contributed by atoms with Crippen LogP contribution in [0.5, 0.6) is 23.0 Å². The number of aromatic hydroxyl groups is 1. The van der Waals surface area contributed by atoms with Gasteiger partial charge >= 0.3 is 0 Å². The summed E-state index contributed by atoms with van der Waals surface area (Å²) in [7, 11) is 3.20. The first kappa shape index (κ1) is 20.0. The Morgan fingerprint density at radius 1 is 1.00 bits per heavy atom. The van der Waals surface area contributed by atoms with Crippen molar-refractivity contribution in [3.8, 4) is 23.0 Å². The minimum Gasteiger partial charge on any atom is -0.507 e. The lowest BCUT2D eigenvalue weighted by Crippen LogP contribution is -2.05. The van der Waals surface area contributed by atoms with Crippen molar-refractivity contribution in [2.75, 3.05) is 14.2 Å². The number of fused-ring (bicyclic) bond motifs is 3. The van der Waals surface area contributed by atoms with Crippen LogP contribution < -0.4 is 14.2 Å². The van der Waals surface area contributed by atoms with Gasteiger partial charge in [0.15, 0.2) is 5.78 Å². The number of rotatable bonds is 5. The van der Waals surface area contributed by atoms with Gasteiger partial charge in [0.25, 0.3) is 0 Å². The summed E-state index contributed by atoms with van der Waals surface area (Å²) in [6.45, 7) is 0.414. The molecule has 2 aliphatic heterocycles. The molecule has 5 rings (SSSR count). The molecule has 0 saturated heterocycles. The molecule has 0 unspecified atom stereocenters. The van der Waals surface area contributed by atoms with Crippen LogP contribution in [-0.4, -0.2) is 25.1 Å². The summed E-state index contributed by atoms with van der Waals surface area (Å²) >= 11 is 0. The van der Waals surface area contributed by atoms with Crippen LogP contribution in [0.2, 0.25) is 0 Å². The molecule has 0 aromatic heterocycles. The van der Waals surface area contributed by atoms with Gasteiger partial charge < -0.3 is 19.3 Å². The van der Waals surface area contributed by atoms with Crippen LogP contribution in [-0.2, 0) is 6.61 Å². The molecule has 0 atom stereocenters. The van der Waals surface area contributed by atoms with Crippen LogP contribution in [0.3, 0.4) is 0 Å². The molecule has 148 valence electrons. The third-order valence-electron chi connectivity index (χ3n) is 4.34. The molecule has 29 heavy (non-hydrogen) atoms. The average molecular weight is 390 g/mol. The molecular formula is C24H22O5. The zero-order valence-corrected chi connectivity index (χ0v) is 16.3. The summed E-state index contributed by atoms with van der Waals surface area (Å²) in [5.41, 5.74) is 2.36. The van der Waals surface area contributed by atoms with Gasteiger partial charge in [0.2, 0.25) is 0 Å². The summed E-state index contributed by atoms with van der Waals surface area (Å²) in [6, 6.07) is 20.1. The molecule has 2 aliphatic rings. The largest absolute Gasteiger partial charge is 0.507 e. The Morgan fingerprint density at radius 2 is 1.79 bits per heavy atom. The van der Waals surface area contributed by atoms with Crippen LogP contribution in [0.4, 0.5) is 0 Å². The number of allylic oxidation sites excluding steroid dienone is 1. The Kier molecular flexibility index (Phi) is 6.53. The predicted molar refractivity (Wildman–Crippen MR) is 112 cm³/mol. The highest BCUT2D eigenvalue weighted by molar-refractivity contribution is 6.06. The van der Waals surface area contributed by atoms with Gasteiger partial charge in [-0.15, -0.1) is 0 Å². The molecule has 3 aromatic carbocycles. The zero-order valence-electron chi connectivity index (χ0n) is 16.3. The predicted octanol–water partition coefficient (Wildman–Crippen LogP) is 4.88. The highest BCUT2D eigenvalue weighted by Gasteiger charge is 2.17. The number of phenolic OH excluding ortho intramolecular Hbond substituents is 1. The van der Waals surface area contributed by atoms with E-state index in [-0.39, 0.29) is 11.5 Å². The van der Waals surface area contributed by atoms with E-state index >= 15 is 0 Å². The molecular weight excluding hydrogens is 368 g/mol. The first-order valence-electron chi connectivity index (χ1n) is 9.05. The number of ether oxygens (including phenoxy) is 3. The molecule has 5 heteroatoms. The third-order valence-corrected chi connectivity index (χ3v) is 4.34. The maximum Gasteiger partial charge on any atom is 0.185 e. The molecule has 2 bridgehead atoms. The Balaban J connectivity index is 0.000000186. The number of carbonyl (C=O) groups is 1. The van der Waals surface area contributed by atoms with Crippen LogP contribution in [0, 0.1) is 0 Å². The number of benzene rings is 3. The molecule has 5 nitrogen and oxygen atoms in total. The van der Waals surface area contributed by atoms with Crippen molar-refractivity contribution in [3.63, 3.8) is 0 Å². The van der Waals surface area contributed by atoms with Gasteiger partial charge in [-0.2, -0.15) is 0 Å². The lowest BCUT2D eigenvalue weighted by molar-refractivity contribution is 0.104. The number of hydrogen-bond acceptors (Lipinski definition) is 5. The number of methoxy groups -OCH3 is 2. The van der Waals surface area contributed by atoms with Crippen molar-refractivity contribution in [1.29, 1.82) is 0 Å². The molecule has 0 saturated carbocycles. The fourth-order valence-corrected chi connectivity index (χ4v) is 2.79. The Labute approximate surface area is 169 Å². The van der Waals surface area contributed by atoms with Crippen molar-refractivity contribution in [2.24, 2.45) is 0 Å². The number of phenols is 1. The Morgan fingerprint density at radius 3 is 2.41 bits per heavy atom. The minimum atomic E-state index is -0.00146. The molecule has 0 spiro atoms. The first-order chi connectivity index (χ1) is 14.1. The molecule has 3 aromatic rings. The Hall–Kier alpha value is -3.73. The summed E-state index contributed by atoms with van der Waals surface area (Å²) in [4.78, 5) is 11.9. The van der Waals surface area contributed by atoms with E-state index < -0.39 is 0 Å². The van der Waals surface area contributed by atoms with E-state index in [2.05, 4.69) is 0 Å². The molecule has 0 radical (unpaired) electrons. The highest BCUT2D eigenvalue weighted by Crippen LogP contribution is 2.38. The van der Waals surface area contributed by atoms with Gasteiger partial charge in [0, 0.05) is 17.7 Å². The van der Waals surface area contributed by atoms with E-state index in [0.717, 1.165) is 16.9 Å². The summed E-state index contributed by atoms with van der Waals surface area (Å²) in [5, 5.41) is 9.30. The second kappa shape index (κ2) is 9.46. The summed E-state index contributed by atoms with van der Waals surface area (Å²) < 4.78 is 15.3. The van der Waals surface area contributed by atoms with Crippen LogP contribution in [0.1, 0.15) is 21.5 Å². The maximum absolute atomic E-state index is 11.9. The zero-order chi connectivity index (χ0) is 20.6. The number of carbonyl (C=O) groups excluding carboxylic acids is 1. The smallest absolute Gasteiger partial charge is 0.185 e. The molecule has 0 aliphatic carbocycles. The summed E-state index contributed by atoms with van der Waals surface area (Å²) in [6.07, 6.45) is 3.36. The average Bonchev–Trinajstić information content (AvgIpc) is 2.78. The molecule has 1 N–H and O–H groups in total. The second-order valence-corrected chi connectivity index (χ2v) is 6.25. The number of hydrogen-bond donors (Lipinski definition) is 1. The highest BCUT2D eigenvalue weighted by atomic mass is 16.5. The van der Waals surface area contributed by atoms with Crippen molar-refractivity contribution in [2.45, 2.75) is 6.61 Å². The van der Waals surface area contributed by atoms with E-state index in [9.17, 15) is 9.90 Å². The van der Waals surface area contributed by atoms with Gasteiger partial charge in [-0.3, -0.25) is 4.79 Å². The fourth-order valence-electron chi connectivity index (χ4n) is 2.79. The van der Waals surface area contributed by atoms with E-state index in [0.29, 0.717) is 23.7 Å². The van der Waals surface area contributed by atoms with Crippen molar-refractivity contribution < 1.29 is 24.1 Å². The quantitative estimate of drug-likeness (QED) is 0.497. The Bertz CT molecular complexity index is 1010. The van der Waals surface area contributed by atoms with E-state index in [1.54, 1.807) is 50.6 Å². The van der Waals surface area contributed by atoms with Crippen LogP contribution in [0.15, 0.2) is 72.8 Å². The van der Waals surface area contributed by atoms with Crippen molar-refractivity contribution in [1.82, 2.24) is 0 Å². The van der Waals surface area contributed by atoms with Crippen molar-refractivity contribution >= 4 is 11.9 Å². The summed E-state index contributed by atoms with van der Waals surface area (Å²) in [5.74, 6) is 2.40. The van der Waals surface area contributed by atoms with Gasteiger partial charge in [-0.1, -0.05) is 48.5 Å². The monoisotopic (exact) mass is 390 g/mol. The topological polar surface area (TPSA) is 65.0 Å². The number of ketones is 1. The third kappa shape index (κ3) is 5.17. The van der Waals surface area contributed by atoms with Crippen LogP contribution >= 0.6 is 0 Å². The van der Waals surface area contributed by atoms with Gasteiger partial charge in [-0.05, 0) is 23.8 Å². The first-order valence-corrected chi connectivity index (χ1v) is 9.05.